The highest BCUT2D eigenvalue weighted by Gasteiger charge is 2.72. The summed E-state index contributed by atoms with van der Waals surface area (Å²) in [4.78, 5) is 0. The normalized spacial score (nSPS) is 16.2. The van der Waals surface area contributed by atoms with E-state index in [0.717, 1.165) is 29.6 Å². The van der Waals surface area contributed by atoms with Crippen molar-refractivity contribution in [3.8, 4) is 0 Å². The Kier molecular flexibility index (Phi) is 59.1. The molecule has 0 rings (SSSR count). The molecule has 0 aliphatic rings. The zero-order valence-electron chi connectivity index (χ0n) is 66.9. The summed E-state index contributed by atoms with van der Waals surface area (Å²) in [7, 11) is 0. The maximum absolute atomic E-state index is 3.09. The summed E-state index contributed by atoms with van der Waals surface area (Å²) >= 11 is 0. The van der Waals surface area contributed by atoms with Crippen molar-refractivity contribution in [3.63, 3.8) is 0 Å². The number of rotatable bonds is 72. The van der Waals surface area contributed by atoms with Crippen LogP contribution in [0.5, 0.6) is 0 Å². The zero-order valence-corrected chi connectivity index (χ0v) is 66.9. The van der Waals surface area contributed by atoms with Crippen molar-refractivity contribution in [1.29, 1.82) is 0 Å². The molecule has 542 valence electrons. The van der Waals surface area contributed by atoms with E-state index in [1.807, 2.05) is 0 Å². The van der Waals surface area contributed by atoms with Crippen LogP contribution >= 0.6 is 0 Å². The minimum Gasteiger partial charge on any atom is -0.0654 e. The Labute approximate surface area is 575 Å². The summed E-state index contributed by atoms with van der Waals surface area (Å²) < 4.78 is 0. The van der Waals surface area contributed by atoms with Gasteiger partial charge >= 0.3 is 0 Å². The Hall–Kier alpha value is 0. The first-order chi connectivity index (χ1) is 43.6. The van der Waals surface area contributed by atoms with Gasteiger partial charge in [0, 0.05) is 0 Å². The van der Waals surface area contributed by atoms with E-state index in [-0.39, 0.29) is 21.7 Å². The Morgan fingerprint density at radius 3 is 0.856 bits per heavy atom. The second-order valence-corrected chi connectivity index (χ2v) is 33.9. The molecule has 90 heavy (non-hydrogen) atoms. The molecule has 0 bridgehead atoms. The lowest BCUT2D eigenvalue weighted by atomic mass is 9.29. The molecular weight excluding hydrogens is 1080 g/mol. The van der Waals surface area contributed by atoms with Crippen molar-refractivity contribution >= 4 is 0 Å². The van der Waals surface area contributed by atoms with Gasteiger partial charge in [0.15, 0.2) is 0 Å². The Bertz CT molecular complexity index is 1450. The van der Waals surface area contributed by atoms with Crippen molar-refractivity contribution in [3.05, 3.63) is 0 Å². The van der Waals surface area contributed by atoms with E-state index in [1.165, 1.54) is 405 Å². The molecule has 0 aliphatic heterocycles. The molecule has 0 aromatic carbocycles. The first-order valence-electron chi connectivity index (χ1n) is 43.6. The molecule has 0 nitrogen and oxygen atoms in total. The van der Waals surface area contributed by atoms with Gasteiger partial charge in [-0.1, -0.05) is 464 Å². The first kappa shape index (κ1) is 90.0. The molecule has 0 saturated carbocycles. The molecule has 0 aromatic rings. The predicted octanol–water partition coefficient (Wildman–Crippen LogP) is 33.9. The van der Waals surface area contributed by atoms with E-state index >= 15 is 0 Å². The molecule has 0 N–H and O–H groups in total. The van der Waals surface area contributed by atoms with E-state index in [1.54, 1.807) is 0 Å². The highest BCUT2D eigenvalue weighted by Crippen LogP contribution is 2.79. The van der Waals surface area contributed by atoms with Gasteiger partial charge in [0.05, 0.1) is 0 Å². The largest absolute Gasteiger partial charge is 0.0654 e. The molecule has 7 atom stereocenters. The summed E-state index contributed by atoms with van der Waals surface area (Å²) in [6, 6.07) is 0. The Morgan fingerprint density at radius 2 is 0.511 bits per heavy atom. The first-order valence-corrected chi connectivity index (χ1v) is 43.6. The summed E-state index contributed by atoms with van der Waals surface area (Å²) in [5, 5.41) is 0. The maximum atomic E-state index is 3.09. The average Bonchev–Trinajstić information content (AvgIpc) is 0.677. The molecular formula is C90H182. The van der Waals surface area contributed by atoms with Gasteiger partial charge in [0.1, 0.15) is 0 Å². The fourth-order valence-electron chi connectivity index (χ4n) is 20.3. The summed E-state index contributed by atoms with van der Waals surface area (Å²) in [6.45, 7) is 44.9. The number of unbranched alkanes of at least 4 members (excludes halogenated alkanes) is 40. The molecule has 0 amide bonds. The zero-order chi connectivity index (χ0) is 66.9. The van der Waals surface area contributed by atoms with Crippen LogP contribution in [-0.2, 0) is 0 Å². The molecule has 0 aromatic heterocycles. The molecule has 0 aliphatic carbocycles. The highest BCUT2D eigenvalue weighted by atomic mass is 14.8. The van der Waals surface area contributed by atoms with Crippen LogP contribution in [0.1, 0.15) is 522 Å². The molecule has 0 spiro atoms. The van der Waals surface area contributed by atoms with Crippen LogP contribution < -0.4 is 0 Å². The SMILES string of the molecule is CCCCCCCCCCCC(C(C)CCCCCCCC)(C(CC)(CCCCCCCC)CCCCCC(C)C)C(CCCCCCCCCC)(CCCCCCCC(C)C)C(CCCCCCCCC)(C(C)CC(CC)CCCC)C(C)(C)CCCCC. The van der Waals surface area contributed by atoms with Crippen LogP contribution in [0.25, 0.3) is 0 Å². The van der Waals surface area contributed by atoms with E-state index in [9.17, 15) is 0 Å². The third kappa shape index (κ3) is 35.5. The van der Waals surface area contributed by atoms with Crippen LogP contribution in [0.15, 0.2) is 0 Å². The third-order valence-corrected chi connectivity index (χ3v) is 25.5. The standard InChI is InChI=1S/C90H182/c1-18-27-34-39-44-46-49-57-68-79-90(83(14)71-61-52-42-37-30-21-4,87(26-9,74-63-53-43-38-31-22-5)75-64-58-60-70-82(12)13)88(76-65-54-48-45-40-35-28-19-2,77-66-55-50-51-59-69-81(10)11)89(86(16,17)73-62-32-23-6,78-67-56-47-41-36-29-20-3)84(15)80-85(25-8)72-33-24-7/h81-85H,18-80H2,1-17H3. The van der Waals surface area contributed by atoms with Crippen molar-refractivity contribution in [1.82, 2.24) is 0 Å². The van der Waals surface area contributed by atoms with Gasteiger partial charge in [-0.15, -0.1) is 0 Å². The van der Waals surface area contributed by atoms with Crippen LogP contribution in [0.3, 0.4) is 0 Å². The molecule has 0 heteroatoms. The molecule has 0 radical (unpaired) electrons. The molecule has 0 heterocycles. The lowest BCUT2D eigenvalue weighted by molar-refractivity contribution is -0.268. The fourth-order valence-corrected chi connectivity index (χ4v) is 20.3. The van der Waals surface area contributed by atoms with Gasteiger partial charge in [-0.2, -0.15) is 0 Å². The van der Waals surface area contributed by atoms with E-state index < -0.39 is 0 Å². The number of hydrogen-bond donors (Lipinski definition) is 0. The predicted molar refractivity (Wildman–Crippen MR) is 417 cm³/mol. The monoisotopic (exact) mass is 1260 g/mol. The van der Waals surface area contributed by atoms with Crippen molar-refractivity contribution in [2.24, 2.45) is 56.7 Å². The van der Waals surface area contributed by atoms with Crippen LogP contribution in [0.2, 0.25) is 0 Å². The smallest absolute Gasteiger partial charge is 0.0153 e. The number of hydrogen-bond acceptors (Lipinski definition) is 0. The second kappa shape index (κ2) is 59.1. The van der Waals surface area contributed by atoms with Gasteiger partial charge in [-0.25, -0.2) is 0 Å². The van der Waals surface area contributed by atoms with Crippen molar-refractivity contribution in [2.75, 3.05) is 0 Å². The third-order valence-electron chi connectivity index (χ3n) is 25.5. The molecule has 0 saturated heterocycles. The van der Waals surface area contributed by atoms with E-state index in [2.05, 4.69) is 118 Å². The van der Waals surface area contributed by atoms with E-state index in [4.69, 9.17) is 0 Å². The van der Waals surface area contributed by atoms with Crippen LogP contribution in [0, 0.1) is 56.7 Å². The summed E-state index contributed by atoms with van der Waals surface area (Å²) in [6.07, 6.45) is 91.2. The lowest BCUT2D eigenvalue weighted by Crippen LogP contribution is -2.68. The van der Waals surface area contributed by atoms with Gasteiger partial charge in [-0.3, -0.25) is 0 Å². The lowest BCUT2D eigenvalue weighted by Gasteiger charge is -2.75. The van der Waals surface area contributed by atoms with Gasteiger partial charge < -0.3 is 0 Å². The highest BCUT2D eigenvalue weighted by molar-refractivity contribution is 5.20. The fraction of sp³-hybridized carbons (Fsp3) is 1.00. The molecule has 7 unspecified atom stereocenters. The van der Waals surface area contributed by atoms with Crippen molar-refractivity contribution in [2.45, 2.75) is 522 Å². The summed E-state index contributed by atoms with van der Waals surface area (Å²) in [5.74, 6) is 3.93. The summed E-state index contributed by atoms with van der Waals surface area (Å²) in [5.41, 5.74) is 1.38. The van der Waals surface area contributed by atoms with Crippen LogP contribution in [-0.4, -0.2) is 0 Å². The minimum atomic E-state index is 0.241. The Morgan fingerprint density at radius 1 is 0.233 bits per heavy atom. The van der Waals surface area contributed by atoms with Gasteiger partial charge in [0.2, 0.25) is 0 Å². The Balaban J connectivity index is 10.2. The molecule has 0 fully saturated rings. The topological polar surface area (TPSA) is 0 Å². The minimum absolute atomic E-state index is 0.241. The van der Waals surface area contributed by atoms with Gasteiger partial charge in [-0.05, 0) is 114 Å². The maximum Gasteiger partial charge on any atom is -0.0153 e. The van der Waals surface area contributed by atoms with Gasteiger partial charge in [0.25, 0.3) is 0 Å². The van der Waals surface area contributed by atoms with Crippen molar-refractivity contribution < 1.29 is 0 Å². The van der Waals surface area contributed by atoms with Crippen LogP contribution in [0.4, 0.5) is 0 Å². The second-order valence-electron chi connectivity index (χ2n) is 33.9. The average molecular weight is 1260 g/mol. The quantitative estimate of drug-likeness (QED) is 0.0533. The van der Waals surface area contributed by atoms with E-state index in [0.29, 0.717) is 5.41 Å².